The number of para-hydroxylation sites is 1. The Labute approximate surface area is 91.7 Å². The highest BCUT2D eigenvalue weighted by Gasteiger charge is 2.17. The van der Waals surface area contributed by atoms with Gasteiger partial charge in [0, 0.05) is 5.88 Å². The molecule has 6 heteroatoms. The minimum atomic E-state index is -0.315. The lowest BCUT2D eigenvalue weighted by Crippen LogP contribution is -2.30. The quantitative estimate of drug-likeness (QED) is 0.772. The fraction of sp³-hybridized carbons (Fsp3) is 0.222. The number of rotatable bonds is 2. The first kappa shape index (κ1) is 9.92. The van der Waals surface area contributed by atoms with Crippen LogP contribution in [0.1, 0.15) is 0 Å². The maximum Gasteiger partial charge on any atom is 0.343 e. The van der Waals surface area contributed by atoms with Gasteiger partial charge in [-0.1, -0.05) is 17.4 Å². The first-order valence-electron chi connectivity index (χ1n) is 4.46. The minimum absolute atomic E-state index is 0.315. The first-order chi connectivity index (χ1) is 7.31. The Kier molecular flexibility index (Phi) is 2.82. The number of benzene rings is 1. The van der Waals surface area contributed by atoms with Crippen molar-refractivity contribution in [1.29, 1.82) is 0 Å². The molecule has 0 saturated carbocycles. The topological polar surface area (TPSA) is 57.1 Å². The van der Waals surface area contributed by atoms with Gasteiger partial charge in [-0.05, 0) is 12.1 Å². The molecule has 0 saturated heterocycles. The summed E-state index contributed by atoms with van der Waals surface area (Å²) in [5.41, 5.74) is 1.30. The molecule has 0 spiro atoms. The number of amides is 2. The van der Waals surface area contributed by atoms with Gasteiger partial charge in [0.1, 0.15) is 5.69 Å². The van der Waals surface area contributed by atoms with E-state index in [4.69, 9.17) is 11.6 Å². The van der Waals surface area contributed by atoms with Crippen LogP contribution in [0.4, 0.5) is 16.2 Å². The maximum absolute atomic E-state index is 11.6. The molecule has 2 rings (SSSR count). The largest absolute Gasteiger partial charge is 0.343 e. The third-order valence-electron chi connectivity index (χ3n) is 1.94. The smallest absolute Gasteiger partial charge is 0.304 e. The predicted octanol–water partition coefficient (Wildman–Crippen LogP) is 2.77. The molecule has 2 amide bonds. The molecule has 78 valence electrons. The third-order valence-corrected chi connectivity index (χ3v) is 2.11. The number of carbonyl (C=O) groups excluding carboxylic acids is 1. The molecule has 0 aliphatic carbocycles. The molecule has 1 heterocycles. The number of hydrogen-bond acceptors (Lipinski definition) is 3. The van der Waals surface area contributed by atoms with E-state index >= 15 is 0 Å². The number of urea groups is 1. The second kappa shape index (κ2) is 4.27. The van der Waals surface area contributed by atoms with Crippen LogP contribution in [0, 0.1) is 0 Å². The summed E-state index contributed by atoms with van der Waals surface area (Å²) in [7, 11) is 0. The van der Waals surface area contributed by atoms with Gasteiger partial charge < -0.3 is 5.32 Å². The Morgan fingerprint density at radius 1 is 1.40 bits per heavy atom. The Balaban J connectivity index is 2.29. The summed E-state index contributed by atoms with van der Waals surface area (Å²) >= 11 is 5.54. The van der Waals surface area contributed by atoms with Crippen molar-refractivity contribution in [1.82, 2.24) is 5.01 Å². The molecule has 1 aromatic rings. The van der Waals surface area contributed by atoms with Crippen molar-refractivity contribution in [3.05, 3.63) is 24.3 Å². The summed E-state index contributed by atoms with van der Waals surface area (Å²) in [6.45, 7) is 0.338. The van der Waals surface area contributed by atoms with E-state index in [0.29, 0.717) is 23.8 Å². The van der Waals surface area contributed by atoms with Crippen LogP contribution in [-0.4, -0.2) is 23.5 Å². The highest BCUT2D eigenvalue weighted by molar-refractivity contribution is 6.18. The van der Waals surface area contributed by atoms with E-state index in [9.17, 15) is 4.79 Å². The lowest BCUT2D eigenvalue weighted by atomic mass is 10.3. The number of carbonyl (C=O) groups is 1. The van der Waals surface area contributed by atoms with Crippen LogP contribution in [-0.2, 0) is 0 Å². The molecule has 0 fully saturated rings. The molecule has 0 radical (unpaired) electrons. The van der Waals surface area contributed by atoms with Crippen LogP contribution >= 0.6 is 11.6 Å². The predicted molar refractivity (Wildman–Crippen MR) is 57.4 cm³/mol. The van der Waals surface area contributed by atoms with Crippen molar-refractivity contribution in [2.75, 3.05) is 17.7 Å². The van der Waals surface area contributed by atoms with E-state index in [2.05, 4.69) is 15.7 Å². The summed E-state index contributed by atoms with van der Waals surface area (Å²) in [5.74, 6) is 0.322. The Hall–Kier alpha value is -1.62. The fourth-order valence-corrected chi connectivity index (χ4v) is 1.38. The second-order valence-corrected chi connectivity index (χ2v) is 3.33. The van der Waals surface area contributed by atoms with E-state index in [-0.39, 0.29) is 6.03 Å². The van der Waals surface area contributed by atoms with E-state index in [1.165, 1.54) is 5.01 Å². The summed E-state index contributed by atoms with van der Waals surface area (Å²) < 4.78 is 0. The van der Waals surface area contributed by atoms with Crippen molar-refractivity contribution in [2.24, 2.45) is 10.3 Å². The van der Waals surface area contributed by atoms with Crippen LogP contribution in [0.2, 0.25) is 0 Å². The number of nitrogens with one attached hydrogen (secondary N) is 1. The zero-order valence-corrected chi connectivity index (χ0v) is 8.61. The van der Waals surface area contributed by atoms with E-state index in [0.717, 1.165) is 0 Å². The van der Waals surface area contributed by atoms with Crippen LogP contribution < -0.4 is 5.32 Å². The van der Waals surface area contributed by atoms with Gasteiger partial charge >= 0.3 is 6.03 Å². The van der Waals surface area contributed by atoms with Crippen molar-refractivity contribution < 1.29 is 4.79 Å². The molecule has 0 atom stereocenters. The monoisotopic (exact) mass is 224 g/mol. The molecule has 1 aromatic carbocycles. The van der Waals surface area contributed by atoms with Crippen LogP contribution in [0.5, 0.6) is 0 Å². The summed E-state index contributed by atoms with van der Waals surface area (Å²) in [6, 6.07) is 6.90. The third kappa shape index (κ3) is 2.07. The van der Waals surface area contributed by atoms with Crippen molar-refractivity contribution in [2.45, 2.75) is 0 Å². The number of fused-ring (bicyclic) bond motifs is 1. The van der Waals surface area contributed by atoms with Gasteiger partial charge in [0.25, 0.3) is 0 Å². The Morgan fingerprint density at radius 2 is 2.20 bits per heavy atom. The molecular weight excluding hydrogens is 216 g/mol. The number of anilines is 1. The lowest BCUT2D eigenvalue weighted by Gasteiger charge is -2.11. The average Bonchev–Trinajstić information content (AvgIpc) is 2.40. The lowest BCUT2D eigenvalue weighted by molar-refractivity contribution is 0.214. The van der Waals surface area contributed by atoms with Crippen molar-refractivity contribution >= 4 is 29.0 Å². The van der Waals surface area contributed by atoms with Gasteiger partial charge in [-0.3, -0.25) is 0 Å². The van der Waals surface area contributed by atoms with Crippen LogP contribution in [0.15, 0.2) is 34.6 Å². The number of nitrogens with zero attached hydrogens (tertiary/aromatic N) is 3. The first-order valence-corrected chi connectivity index (χ1v) is 5.00. The van der Waals surface area contributed by atoms with Crippen molar-refractivity contribution in [3.63, 3.8) is 0 Å². The summed E-state index contributed by atoms with van der Waals surface area (Å²) in [6.07, 6.45) is 0. The summed E-state index contributed by atoms with van der Waals surface area (Å²) in [4.78, 5) is 11.6. The number of alkyl halides is 1. The van der Waals surface area contributed by atoms with Gasteiger partial charge in [0.15, 0.2) is 0 Å². The van der Waals surface area contributed by atoms with Gasteiger partial charge in [-0.2, -0.15) is 5.01 Å². The number of hydrogen-bond donors (Lipinski definition) is 1. The minimum Gasteiger partial charge on any atom is -0.304 e. The molecule has 1 aliphatic heterocycles. The molecule has 15 heavy (non-hydrogen) atoms. The van der Waals surface area contributed by atoms with Gasteiger partial charge in [0.05, 0.1) is 12.2 Å². The SMILES string of the molecule is O=C1Nc2ccccc2N=NN1CCCl. The molecular formula is C9H9ClN4O. The van der Waals surface area contributed by atoms with E-state index in [1.54, 1.807) is 12.1 Å². The highest BCUT2D eigenvalue weighted by atomic mass is 35.5. The molecule has 0 bridgehead atoms. The molecule has 0 unspecified atom stereocenters. The molecule has 5 nitrogen and oxygen atoms in total. The average molecular weight is 225 g/mol. The van der Waals surface area contributed by atoms with Crippen molar-refractivity contribution in [3.8, 4) is 0 Å². The Bertz CT molecular complexity index is 407. The maximum atomic E-state index is 11.6. The standard InChI is InChI=1S/C9H9ClN4O/c10-5-6-14-9(15)11-7-3-1-2-4-8(7)12-13-14/h1-4H,5-6H2,(H,11,15). The molecule has 1 aliphatic rings. The fourth-order valence-electron chi connectivity index (χ4n) is 1.22. The Morgan fingerprint density at radius 3 is 3.00 bits per heavy atom. The van der Waals surface area contributed by atoms with Crippen LogP contribution in [0.3, 0.4) is 0 Å². The number of halogens is 1. The highest BCUT2D eigenvalue weighted by Crippen LogP contribution is 2.27. The molecule has 1 N–H and O–H groups in total. The normalized spacial score (nSPS) is 14.5. The second-order valence-electron chi connectivity index (χ2n) is 2.95. The van der Waals surface area contributed by atoms with Gasteiger partial charge in [-0.25, -0.2) is 4.79 Å². The van der Waals surface area contributed by atoms with Gasteiger partial charge in [-0.15, -0.1) is 16.7 Å². The van der Waals surface area contributed by atoms with Crippen LogP contribution in [0.25, 0.3) is 0 Å². The van der Waals surface area contributed by atoms with E-state index < -0.39 is 0 Å². The zero-order valence-electron chi connectivity index (χ0n) is 7.85. The zero-order chi connectivity index (χ0) is 10.7. The van der Waals surface area contributed by atoms with E-state index in [1.807, 2.05) is 12.1 Å². The van der Waals surface area contributed by atoms with Gasteiger partial charge in [0.2, 0.25) is 0 Å². The summed E-state index contributed by atoms with van der Waals surface area (Å²) in [5, 5.41) is 11.6. The molecule has 0 aromatic heterocycles.